The molecule has 0 N–H and O–H groups in total. The van der Waals surface area contributed by atoms with Crippen LogP contribution in [0.2, 0.25) is 0 Å². The van der Waals surface area contributed by atoms with Crippen molar-refractivity contribution in [1.29, 1.82) is 0 Å². The van der Waals surface area contributed by atoms with Gasteiger partial charge in [0, 0.05) is 0 Å². The molecule has 2 aliphatic heterocycles. The Bertz CT molecular complexity index is 1690. The number of aromatic nitrogens is 1. The summed E-state index contributed by atoms with van der Waals surface area (Å²) in [7, 11) is 0. The van der Waals surface area contributed by atoms with Crippen molar-refractivity contribution < 1.29 is 22.8 Å². The van der Waals surface area contributed by atoms with E-state index >= 15 is 0 Å². The number of benzene rings is 2. The van der Waals surface area contributed by atoms with Crippen molar-refractivity contribution in [2.45, 2.75) is 18.5 Å². The van der Waals surface area contributed by atoms with Crippen LogP contribution in [-0.2, 0) is 5.41 Å². The number of anilines is 3. The van der Waals surface area contributed by atoms with Crippen molar-refractivity contribution in [2.24, 2.45) is 0 Å². The molecule has 0 radical (unpaired) electrons. The molecule has 0 bridgehead atoms. The van der Waals surface area contributed by atoms with Crippen LogP contribution in [0.25, 0.3) is 6.08 Å². The van der Waals surface area contributed by atoms with Crippen LogP contribution in [-0.4, -0.2) is 52.2 Å². The molecule has 9 heteroatoms. The molecular weight excluding hydrogens is 611 g/mol. The van der Waals surface area contributed by atoms with E-state index in [0.717, 1.165) is 8.92 Å². The number of nitrogens with zero attached hydrogens (tertiary/aromatic N) is 2. The molecule has 37 heavy (non-hydrogen) atoms. The summed E-state index contributed by atoms with van der Waals surface area (Å²) in [6, 6.07) is 17.1. The van der Waals surface area contributed by atoms with Crippen LogP contribution in [0.15, 0.2) is 72.4 Å². The number of hydrogen-bond acceptors (Lipinski definition) is 4. The van der Waals surface area contributed by atoms with Crippen molar-refractivity contribution in [1.82, 2.24) is 4.98 Å². The fourth-order valence-corrected chi connectivity index (χ4v) is 10.1. The topological polar surface area (TPSA) is 50.3 Å². The Morgan fingerprint density at radius 1 is 0.919 bits per heavy atom. The molecule has 0 spiro atoms. The normalized spacial score (nSPS) is 19.4. The Labute approximate surface area is 221 Å². The average molecular weight is 626 g/mol. The zero-order valence-electron chi connectivity index (χ0n) is 19.1. The zero-order valence-corrected chi connectivity index (χ0v) is 22.5. The van der Waals surface area contributed by atoms with Gasteiger partial charge in [0.05, 0.1) is 0 Å². The van der Waals surface area contributed by atoms with Crippen LogP contribution in [0.4, 0.5) is 29.2 Å². The minimum absolute atomic E-state index is 0.00147. The van der Waals surface area contributed by atoms with E-state index in [0.29, 0.717) is 31.6 Å². The Balaban J connectivity index is 1.48. The number of halogens is 3. The number of para-hydroxylation sites is 1. The van der Waals surface area contributed by atoms with Crippen LogP contribution < -0.4 is 13.8 Å². The van der Waals surface area contributed by atoms with Crippen molar-refractivity contribution >= 4 is 72.1 Å². The van der Waals surface area contributed by atoms with E-state index in [1.807, 2.05) is 23.1 Å². The zero-order chi connectivity index (χ0) is 25.7. The molecule has 1 atom stereocenters. The molecule has 0 saturated carbocycles. The standard InChI is InChI=1S/C28H15F3N2O2Se2/c1-27(28(29,30)31)18-8-4-9-20-22(18)33(25-21(37-20)10-5-11-32-25)26-19(27)13-14(36-26)12-17-23(34)15-6-2-3-7-16(15)24(17)35/h2-13H,1H3. The number of carbonyl (C=O) groups is 2. The van der Waals surface area contributed by atoms with Crippen molar-refractivity contribution in [3.8, 4) is 0 Å². The van der Waals surface area contributed by atoms with E-state index in [-0.39, 0.29) is 43.2 Å². The van der Waals surface area contributed by atoms with Crippen LogP contribution in [0.5, 0.6) is 0 Å². The second-order valence-electron chi connectivity index (χ2n) is 9.17. The summed E-state index contributed by atoms with van der Waals surface area (Å²) in [5.41, 5.74) is -0.652. The monoisotopic (exact) mass is 628 g/mol. The van der Waals surface area contributed by atoms with Crippen molar-refractivity contribution in [2.75, 3.05) is 4.90 Å². The number of fused-ring (bicyclic) bond motifs is 5. The molecule has 3 aliphatic rings. The molecule has 0 fully saturated rings. The fourth-order valence-electron chi connectivity index (χ4n) is 5.28. The Kier molecular flexibility index (Phi) is 4.74. The summed E-state index contributed by atoms with van der Waals surface area (Å²) in [5, 5.41) is 0. The molecule has 4 nitrogen and oxygen atoms in total. The third kappa shape index (κ3) is 3.00. The van der Waals surface area contributed by atoms with Gasteiger partial charge in [-0.3, -0.25) is 0 Å². The van der Waals surface area contributed by atoms with Gasteiger partial charge in [-0.2, -0.15) is 0 Å². The molecule has 1 unspecified atom stereocenters. The van der Waals surface area contributed by atoms with Crippen LogP contribution >= 0.6 is 0 Å². The first-order valence-electron chi connectivity index (χ1n) is 11.4. The third-order valence-electron chi connectivity index (χ3n) is 7.18. The second kappa shape index (κ2) is 7.65. The van der Waals surface area contributed by atoms with Gasteiger partial charge in [0.2, 0.25) is 0 Å². The summed E-state index contributed by atoms with van der Waals surface area (Å²) < 4.78 is 47.8. The molecular formula is C28H15F3N2O2Se2. The van der Waals surface area contributed by atoms with E-state index in [2.05, 4.69) is 4.98 Å². The van der Waals surface area contributed by atoms with Crippen LogP contribution in [0.1, 0.15) is 43.2 Å². The number of allylic oxidation sites excluding steroid dienone is 1. The molecule has 7 rings (SSSR count). The van der Waals surface area contributed by atoms with E-state index in [1.165, 1.54) is 19.1 Å². The van der Waals surface area contributed by atoms with Gasteiger partial charge in [-0.25, -0.2) is 0 Å². The summed E-state index contributed by atoms with van der Waals surface area (Å²) in [4.78, 5) is 32.5. The molecule has 2 aromatic carbocycles. The molecule has 0 saturated heterocycles. The first kappa shape index (κ1) is 22.9. The van der Waals surface area contributed by atoms with Gasteiger partial charge in [0.25, 0.3) is 0 Å². The van der Waals surface area contributed by atoms with Crippen molar-refractivity contribution in [3.63, 3.8) is 0 Å². The quantitative estimate of drug-likeness (QED) is 0.159. The number of pyridine rings is 1. The summed E-state index contributed by atoms with van der Waals surface area (Å²) in [6.07, 6.45) is -1.40. The summed E-state index contributed by atoms with van der Waals surface area (Å²) in [6.45, 7) is 1.24. The number of Topliss-reactive ketones (excluding diaryl/α,β-unsaturated/α-hetero) is 2. The predicted octanol–water partition coefficient (Wildman–Crippen LogP) is 4.22. The minimum atomic E-state index is -4.56. The van der Waals surface area contributed by atoms with E-state index in [4.69, 9.17) is 0 Å². The predicted molar refractivity (Wildman–Crippen MR) is 136 cm³/mol. The maximum atomic E-state index is 14.9. The molecule has 4 heterocycles. The fraction of sp³-hybridized carbons (Fsp3) is 0.107. The molecule has 4 aromatic rings. The summed E-state index contributed by atoms with van der Waals surface area (Å²) >= 11 is -0.775. The molecule has 182 valence electrons. The molecule has 2 aromatic heterocycles. The van der Waals surface area contributed by atoms with Gasteiger partial charge in [-0.05, 0) is 0 Å². The second-order valence-corrected chi connectivity index (χ2v) is 13.7. The van der Waals surface area contributed by atoms with Gasteiger partial charge in [0.1, 0.15) is 0 Å². The van der Waals surface area contributed by atoms with Gasteiger partial charge >= 0.3 is 222 Å². The van der Waals surface area contributed by atoms with Gasteiger partial charge in [0.15, 0.2) is 0 Å². The molecule has 0 amide bonds. The number of ketones is 2. The SMILES string of the molecule is CC1(C(F)(F)F)c2cc(C=C3C(=O)c4ccccc4C3=O)[se]c2N2c3ncccc3[Se]c3cccc1c32. The summed E-state index contributed by atoms with van der Waals surface area (Å²) in [5.74, 6) is -0.123. The Morgan fingerprint density at radius 2 is 1.62 bits per heavy atom. The number of carbonyl (C=O) groups excluding carboxylic acids is 2. The maximum absolute atomic E-state index is 14.9. The van der Waals surface area contributed by atoms with Gasteiger partial charge in [-0.15, -0.1) is 0 Å². The van der Waals surface area contributed by atoms with Crippen molar-refractivity contribution in [3.05, 3.63) is 99.1 Å². The van der Waals surface area contributed by atoms with Crippen LogP contribution in [0.3, 0.4) is 0 Å². The Hall–Kier alpha value is -3.22. The number of alkyl halides is 3. The number of rotatable bonds is 1. The third-order valence-corrected chi connectivity index (χ3v) is 11.7. The van der Waals surface area contributed by atoms with E-state index < -0.39 is 26.1 Å². The van der Waals surface area contributed by atoms with Crippen LogP contribution in [0, 0.1) is 0 Å². The van der Waals surface area contributed by atoms with E-state index in [1.54, 1.807) is 42.6 Å². The van der Waals surface area contributed by atoms with Gasteiger partial charge in [-0.1, -0.05) is 0 Å². The number of hydrogen-bond donors (Lipinski definition) is 0. The first-order valence-corrected chi connectivity index (χ1v) is 14.8. The molecule has 1 aliphatic carbocycles. The average Bonchev–Trinajstić information content (AvgIpc) is 3.41. The van der Waals surface area contributed by atoms with E-state index in [9.17, 15) is 22.8 Å². The first-order chi connectivity index (χ1) is 17.7. The Morgan fingerprint density at radius 3 is 2.32 bits per heavy atom. The van der Waals surface area contributed by atoms with Gasteiger partial charge < -0.3 is 0 Å².